The first-order valence-electron chi connectivity index (χ1n) is 8.53. The molecule has 2 rings (SSSR count). The van der Waals surface area contributed by atoms with Gasteiger partial charge in [0.25, 0.3) is 10.0 Å². The van der Waals surface area contributed by atoms with Gasteiger partial charge < -0.3 is 0 Å². The number of halogens is 1. The van der Waals surface area contributed by atoms with Crippen LogP contribution in [0.4, 0.5) is 10.2 Å². The third-order valence-corrected chi connectivity index (χ3v) is 5.43. The second-order valence-corrected chi connectivity index (χ2v) is 10.3. The summed E-state index contributed by atoms with van der Waals surface area (Å²) in [7, 11) is -3.89. The van der Waals surface area contributed by atoms with Crippen LogP contribution >= 0.6 is 0 Å². The lowest BCUT2D eigenvalue weighted by Crippen LogP contribution is -2.23. The fraction of sp³-hybridized carbons (Fsp3) is 0.450. The van der Waals surface area contributed by atoms with Crippen LogP contribution in [0.3, 0.4) is 0 Å². The topological polar surface area (TPSA) is 59.1 Å². The molecule has 0 saturated carbocycles. The molecule has 1 aromatic heterocycles. The first-order chi connectivity index (χ1) is 11.7. The van der Waals surface area contributed by atoms with Crippen LogP contribution in [-0.4, -0.2) is 13.4 Å². The van der Waals surface area contributed by atoms with E-state index < -0.39 is 20.9 Å². The molecular weight excluding hydrogens is 351 g/mol. The molecule has 1 heterocycles. The van der Waals surface area contributed by atoms with E-state index >= 15 is 4.39 Å². The fourth-order valence-corrected chi connectivity index (χ4v) is 3.69. The van der Waals surface area contributed by atoms with Crippen LogP contribution in [0.25, 0.3) is 0 Å². The lowest BCUT2D eigenvalue weighted by atomic mass is 9.80. The number of hydrogen-bond donors (Lipinski definition) is 1. The number of nitrogens with zero attached hydrogens (tertiary/aromatic N) is 1. The maximum absolute atomic E-state index is 15.1. The Hall–Kier alpha value is -1.95. The van der Waals surface area contributed by atoms with Crippen molar-refractivity contribution in [1.29, 1.82) is 0 Å². The molecule has 1 aromatic carbocycles. The Labute approximate surface area is 155 Å². The number of hydrogen-bond acceptors (Lipinski definition) is 3. The highest BCUT2D eigenvalue weighted by atomic mass is 32.2. The quantitative estimate of drug-likeness (QED) is 0.824. The van der Waals surface area contributed by atoms with Gasteiger partial charge in [0, 0.05) is 5.69 Å². The molecule has 1 N–H and O–H groups in total. The third kappa shape index (κ3) is 4.41. The predicted molar refractivity (Wildman–Crippen MR) is 104 cm³/mol. The van der Waals surface area contributed by atoms with Gasteiger partial charge in [0.15, 0.2) is 0 Å². The molecule has 4 nitrogen and oxygen atoms in total. The van der Waals surface area contributed by atoms with E-state index in [0.717, 1.165) is 0 Å². The van der Waals surface area contributed by atoms with Crippen molar-refractivity contribution in [2.75, 3.05) is 4.72 Å². The fourth-order valence-electron chi connectivity index (χ4n) is 2.64. The number of sulfonamides is 1. The standard InChI is InChI=1S/C20H27FN2O2S/c1-13-9-8-10-17(22-13)23-26(24,25)14-11-15(19(2,3)4)18(21)16(12-14)20(5,6)7/h8-12H,1-7H3,(H,22,23). The Morgan fingerprint density at radius 3 is 1.88 bits per heavy atom. The van der Waals surface area contributed by atoms with Crippen LogP contribution in [0.15, 0.2) is 35.2 Å². The number of benzene rings is 1. The third-order valence-electron chi connectivity index (χ3n) is 4.10. The molecule has 0 fully saturated rings. The second kappa shape index (κ2) is 6.65. The van der Waals surface area contributed by atoms with E-state index in [1.165, 1.54) is 12.1 Å². The van der Waals surface area contributed by atoms with E-state index in [4.69, 9.17) is 0 Å². The summed E-state index contributed by atoms with van der Waals surface area (Å²) in [5.74, 6) is -0.110. The minimum Gasteiger partial charge on any atom is -0.263 e. The molecule has 0 saturated heterocycles. The van der Waals surface area contributed by atoms with E-state index in [1.807, 2.05) is 41.5 Å². The number of anilines is 1. The highest BCUT2D eigenvalue weighted by molar-refractivity contribution is 7.92. The molecule has 142 valence electrons. The summed E-state index contributed by atoms with van der Waals surface area (Å²) >= 11 is 0. The van der Waals surface area contributed by atoms with Crippen LogP contribution in [-0.2, 0) is 20.9 Å². The Bertz CT molecular complexity index is 889. The lowest BCUT2D eigenvalue weighted by Gasteiger charge is -2.27. The summed E-state index contributed by atoms with van der Waals surface area (Å²) in [4.78, 5) is 4.22. The molecule has 0 atom stereocenters. The lowest BCUT2D eigenvalue weighted by molar-refractivity contribution is 0.478. The van der Waals surface area contributed by atoms with Gasteiger partial charge in [-0.05, 0) is 53.1 Å². The molecular formula is C20H27FN2O2S. The normalized spacial score (nSPS) is 12.9. The van der Waals surface area contributed by atoms with Crippen molar-refractivity contribution in [3.05, 3.63) is 53.0 Å². The number of aryl methyl sites for hydroxylation is 1. The van der Waals surface area contributed by atoms with E-state index in [0.29, 0.717) is 16.8 Å². The van der Waals surface area contributed by atoms with E-state index in [2.05, 4.69) is 9.71 Å². The molecule has 0 spiro atoms. The first kappa shape index (κ1) is 20.4. The number of pyridine rings is 1. The SMILES string of the molecule is Cc1cccc(NS(=O)(=O)c2cc(C(C)(C)C)c(F)c(C(C)(C)C)c2)n1. The zero-order valence-electron chi connectivity index (χ0n) is 16.4. The van der Waals surface area contributed by atoms with Gasteiger partial charge in [-0.1, -0.05) is 47.6 Å². The van der Waals surface area contributed by atoms with Gasteiger partial charge in [-0.2, -0.15) is 0 Å². The van der Waals surface area contributed by atoms with Gasteiger partial charge in [0.2, 0.25) is 0 Å². The molecule has 2 aromatic rings. The summed E-state index contributed by atoms with van der Waals surface area (Å²) < 4.78 is 43.4. The highest BCUT2D eigenvalue weighted by Crippen LogP contribution is 2.35. The molecule has 0 bridgehead atoms. The molecule has 0 aliphatic rings. The molecule has 0 aliphatic heterocycles. The molecule has 26 heavy (non-hydrogen) atoms. The van der Waals surface area contributed by atoms with Crippen molar-refractivity contribution < 1.29 is 12.8 Å². The average Bonchev–Trinajstić information content (AvgIpc) is 2.44. The van der Waals surface area contributed by atoms with Gasteiger partial charge in [0.1, 0.15) is 11.6 Å². The van der Waals surface area contributed by atoms with Crippen LogP contribution in [0, 0.1) is 12.7 Å². The first-order valence-corrected chi connectivity index (χ1v) is 10.0. The highest BCUT2D eigenvalue weighted by Gasteiger charge is 2.29. The minimum absolute atomic E-state index is 0.0389. The van der Waals surface area contributed by atoms with E-state index in [-0.39, 0.29) is 16.5 Å². The molecule has 0 aliphatic carbocycles. The summed E-state index contributed by atoms with van der Waals surface area (Å²) in [6.45, 7) is 13.0. The molecule has 0 unspecified atom stereocenters. The van der Waals surface area contributed by atoms with Gasteiger partial charge in [0.05, 0.1) is 4.90 Å². The Morgan fingerprint density at radius 1 is 0.962 bits per heavy atom. The average molecular weight is 379 g/mol. The molecule has 0 radical (unpaired) electrons. The van der Waals surface area contributed by atoms with Crippen LogP contribution in [0.5, 0.6) is 0 Å². The Kier molecular flexibility index (Phi) is 5.21. The smallest absolute Gasteiger partial charge is 0.263 e. The maximum Gasteiger partial charge on any atom is 0.263 e. The van der Waals surface area contributed by atoms with Crippen LogP contribution in [0.1, 0.15) is 58.4 Å². The van der Waals surface area contributed by atoms with E-state index in [9.17, 15) is 8.42 Å². The van der Waals surface area contributed by atoms with Gasteiger partial charge in [-0.3, -0.25) is 4.72 Å². The van der Waals surface area contributed by atoms with Gasteiger partial charge >= 0.3 is 0 Å². The predicted octanol–water partition coefficient (Wildman–Crippen LogP) is 4.92. The van der Waals surface area contributed by atoms with Crippen LogP contribution in [0.2, 0.25) is 0 Å². The zero-order chi connectivity index (χ0) is 19.9. The molecule has 6 heteroatoms. The van der Waals surface area contributed by atoms with Crippen molar-refractivity contribution in [2.24, 2.45) is 0 Å². The number of nitrogens with one attached hydrogen (secondary N) is 1. The minimum atomic E-state index is -3.89. The zero-order valence-corrected chi connectivity index (χ0v) is 17.3. The van der Waals surface area contributed by atoms with E-state index in [1.54, 1.807) is 25.1 Å². The maximum atomic E-state index is 15.1. The van der Waals surface area contributed by atoms with Crippen molar-refractivity contribution in [3.8, 4) is 0 Å². The van der Waals surface area contributed by atoms with Crippen molar-refractivity contribution in [2.45, 2.75) is 64.2 Å². The van der Waals surface area contributed by atoms with Crippen molar-refractivity contribution in [1.82, 2.24) is 4.98 Å². The molecule has 0 amide bonds. The summed E-state index contributed by atoms with van der Waals surface area (Å²) in [5.41, 5.74) is 0.397. The Morgan fingerprint density at radius 2 is 1.46 bits per heavy atom. The van der Waals surface area contributed by atoms with Crippen molar-refractivity contribution in [3.63, 3.8) is 0 Å². The van der Waals surface area contributed by atoms with Crippen molar-refractivity contribution >= 4 is 15.8 Å². The van der Waals surface area contributed by atoms with Gasteiger partial charge in [-0.15, -0.1) is 0 Å². The Balaban J connectivity index is 2.64. The monoisotopic (exact) mass is 378 g/mol. The second-order valence-electron chi connectivity index (χ2n) is 8.60. The largest absolute Gasteiger partial charge is 0.263 e. The van der Waals surface area contributed by atoms with Gasteiger partial charge in [-0.25, -0.2) is 17.8 Å². The number of rotatable bonds is 3. The summed E-state index contributed by atoms with van der Waals surface area (Å²) in [6.07, 6.45) is 0. The van der Waals surface area contributed by atoms with Crippen LogP contribution < -0.4 is 4.72 Å². The number of aromatic nitrogens is 1. The summed E-state index contributed by atoms with van der Waals surface area (Å²) in [5, 5.41) is 0. The summed E-state index contributed by atoms with van der Waals surface area (Å²) in [6, 6.07) is 7.94.